The third kappa shape index (κ3) is 4.05. The number of aromatic nitrogens is 1. The summed E-state index contributed by atoms with van der Waals surface area (Å²) in [5.41, 5.74) is 3.12. The van der Waals surface area contributed by atoms with Crippen LogP contribution in [0.1, 0.15) is 47.8 Å². The largest absolute Gasteiger partial charge is 0.452 e. The fourth-order valence-electron chi connectivity index (χ4n) is 4.55. The number of hydrogen-bond donors (Lipinski definition) is 0. The Morgan fingerprint density at radius 1 is 1.20 bits per heavy atom. The van der Waals surface area contributed by atoms with Crippen LogP contribution in [-0.4, -0.2) is 60.9 Å². The van der Waals surface area contributed by atoms with Gasteiger partial charge in [-0.05, 0) is 50.7 Å². The van der Waals surface area contributed by atoms with Gasteiger partial charge in [-0.25, -0.2) is 13.2 Å². The molecule has 0 saturated carbocycles. The lowest BCUT2D eigenvalue weighted by Crippen LogP contribution is -2.43. The van der Waals surface area contributed by atoms with Crippen LogP contribution in [0.25, 0.3) is 10.9 Å². The lowest BCUT2D eigenvalue weighted by atomic mass is 9.90. The third-order valence-electron chi connectivity index (χ3n) is 6.01. The molecule has 1 aliphatic carbocycles. The summed E-state index contributed by atoms with van der Waals surface area (Å²) in [6.07, 6.45) is 4.07. The van der Waals surface area contributed by atoms with E-state index in [0.717, 1.165) is 47.8 Å². The van der Waals surface area contributed by atoms with Crippen LogP contribution in [0.4, 0.5) is 0 Å². The minimum Gasteiger partial charge on any atom is -0.452 e. The molecule has 0 N–H and O–H groups in total. The van der Waals surface area contributed by atoms with Crippen molar-refractivity contribution >= 4 is 32.6 Å². The van der Waals surface area contributed by atoms with E-state index < -0.39 is 22.4 Å². The smallest absolute Gasteiger partial charge is 0.339 e. The first-order chi connectivity index (χ1) is 14.4. The molecule has 1 fully saturated rings. The molecule has 1 atom stereocenters. The highest BCUT2D eigenvalue weighted by Gasteiger charge is 2.34. The highest BCUT2D eigenvalue weighted by Crippen LogP contribution is 2.30. The number of carbonyl (C=O) groups is 2. The molecule has 1 aromatic carbocycles. The first-order valence-electron chi connectivity index (χ1n) is 10.5. The van der Waals surface area contributed by atoms with Crippen LogP contribution in [0.3, 0.4) is 0 Å². The summed E-state index contributed by atoms with van der Waals surface area (Å²) in [6, 6.07) is 7.14. The van der Waals surface area contributed by atoms with Gasteiger partial charge in [-0.3, -0.25) is 9.78 Å². The molecule has 1 unspecified atom stereocenters. The number of rotatable bonds is 5. The number of sulfone groups is 1. The van der Waals surface area contributed by atoms with Gasteiger partial charge in [0, 0.05) is 23.7 Å². The Labute approximate surface area is 176 Å². The highest BCUT2D eigenvalue weighted by molar-refractivity contribution is 7.91. The van der Waals surface area contributed by atoms with E-state index in [0.29, 0.717) is 18.5 Å². The molecular weight excluding hydrogens is 404 g/mol. The van der Waals surface area contributed by atoms with Gasteiger partial charge in [0.1, 0.15) is 0 Å². The maximum atomic E-state index is 13.1. The van der Waals surface area contributed by atoms with Crippen molar-refractivity contribution < 1.29 is 22.7 Å². The van der Waals surface area contributed by atoms with E-state index in [4.69, 9.17) is 9.72 Å². The number of hydrogen-bond acceptors (Lipinski definition) is 6. The zero-order valence-corrected chi connectivity index (χ0v) is 17.9. The zero-order valence-electron chi connectivity index (χ0n) is 17.1. The Kier molecular flexibility index (Phi) is 5.77. The van der Waals surface area contributed by atoms with Crippen molar-refractivity contribution in [3.63, 3.8) is 0 Å². The van der Waals surface area contributed by atoms with E-state index in [1.165, 1.54) is 4.90 Å². The molecule has 0 radical (unpaired) electrons. The number of likely N-dealkylation sites (N-methyl/N-ethyl adjacent to an activating group) is 1. The monoisotopic (exact) mass is 430 g/mol. The van der Waals surface area contributed by atoms with Crippen LogP contribution in [0.15, 0.2) is 24.3 Å². The number of fused-ring (bicyclic) bond motifs is 2. The molecule has 0 bridgehead atoms. The molecule has 1 amide bonds. The minimum absolute atomic E-state index is 0.0248. The van der Waals surface area contributed by atoms with Crippen LogP contribution >= 0.6 is 0 Å². The summed E-state index contributed by atoms with van der Waals surface area (Å²) in [6.45, 7) is 1.79. The molecule has 2 aliphatic rings. The summed E-state index contributed by atoms with van der Waals surface area (Å²) in [5, 5.41) is 0.741. The van der Waals surface area contributed by atoms with Crippen LogP contribution in [0, 0.1) is 0 Å². The normalized spacial score (nSPS) is 20.0. The zero-order chi connectivity index (χ0) is 21.3. The van der Waals surface area contributed by atoms with E-state index in [-0.39, 0.29) is 23.5 Å². The van der Waals surface area contributed by atoms with Crippen molar-refractivity contribution in [3.05, 3.63) is 41.1 Å². The van der Waals surface area contributed by atoms with E-state index in [1.807, 2.05) is 24.3 Å². The number of aryl methyl sites for hydroxylation is 1. The Balaban J connectivity index is 1.54. The summed E-state index contributed by atoms with van der Waals surface area (Å²) in [7, 11) is -3.10. The highest BCUT2D eigenvalue weighted by atomic mass is 32.2. The van der Waals surface area contributed by atoms with Gasteiger partial charge in [0.05, 0.1) is 22.6 Å². The minimum atomic E-state index is -3.10. The maximum absolute atomic E-state index is 13.1. The number of benzene rings is 1. The molecule has 0 spiro atoms. The average Bonchev–Trinajstić information content (AvgIpc) is 3.10. The third-order valence-corrected chi connectivity index (χ3v) is 7.76. The molecule has 160 valence electrons. The second-order valence-corrected chi connectivity index (χ2v) is 10.2. The number of ether oxygens (including phenoxy) is 1. The molecule has 1 aromatic heterocycles. The predicted octanol–water partition coefficient (Wildman–Crippen LogP) is 2.31. The second kappa shape index (κ2) is 8.34. The molecule has 30 heavy (non-hydrogen) atoms. The molecule has 1 aliphatic heterocycles. The van der Waals surface area contributed by atoms with Gasteiger partial charge in [-0.15, -0.1) is 0 Å². The maximum Gasteiger partial charge on any atom is 0.339 e. The van der Waals surface area contributed by atoms with E-state index in [9.17, 15) is 18.0 Å². The van der Waals surface area contributed by atoms with Crippen molar-refractivity contribution in [1.29, 1.82) is 0 Å². The van der Waals surface area contributed by atoms with Crippen LogP contribution in [0.2, 0.25) is 0 Å². The van der Waals surface area contributed by atoms with Gasteiger partial charge in [0.2, 0.25) is 0 Å². The second-order valence-electron chi connectivity index (χ2n) is 7.95. The first-order valence-corrected chi connectivity index (χ1v) is 12.3. The van der Waals surface area contributed by atoms with E-state index in [1.54, 1.807) is 6.92 Å². The first kappa shape index (κ1) is 20.8. The Hall–Kier alpha value is -2.48. The molecule has 2 heterocycles. The molecular formula is C22H26N2O5S. The van der Waals surface area contributed by atoms with Gasteiger partial charge in [0.25, 0.3) is 5.91 Å². The van der Waals surface area contributed by atoms with Gasteiger partial charge in [-0.2, -0.15) is 0 Å². The lowest BCUT2D eigenvalue weighted by molar-refractivity contribution is -0.136. The van der Waals surface area contributed by atoms with Crippen molar-refractivity contribution in [2.45, 2.75) is 45.1 Å². The SMILES string of the molecule is CCN(C(=O)COC(=O)c1c2c(nc3ccccc13)CCCC2)C1CCS(=O)(=O)C1. The van der Waals surface area contributed by atoms with Crippen molar-refractivity contribution in [2.24, 2.45) is 0 Å². The number of para-hydroxylation sites is 1. The lowest BCUT2D eigenvalue weighted by Gasteiger charge is -2.26. The van der Waals surface area contributed by atoms with Crippen LogP contribution in [-0.2, 0) is 32.2 Å². The summed E-state index contributed by atoms with van der Waals surface area (Å²) in [5.74, 6) is -0.810. The van der Waals surface area contributed by atoms with Gasteiger partial charge >= 0.3 is 5.97 Å². The van der Waals surface area contributed by atoms with Crippen molar-refractivity contribution in [2.75, 3.05) is 24.7 Å². The van der Waals surface area contributed by atoms with Crippen LogP contribution in [0.5, 0.6) is 0 Å². The topological polar surface area (TPSA) is 93.6 Å². The summed E-state index contributed by atoms with van der Waals surface area (Å²) in [4.78, 5) is 32.0. The Morgan fingerprint density at radius 2 is 1.97 bits per heavy atom. The Bertz CT molecular complexity index is 1100. The number of nitrogens with zero attached hydrogens (tertiary/aromatic N) is 2. The fraction of sp³-hybridized carbons (Fsp3) is 0.500. The van der Waals surface area contributed by atoms with E-state index >= 15 is 0 Å². The van der Waals surface area contributed by atoms with Gasteiger partial charge in [-0.1, -0.05) is 18.2 Å². The van der Waals surface area contributed by atoms with Gasteiger partial charge in [0.15, 0.2) is 16.4 Å². The van der Waals surface area contributed by atoms with E-state index in [2.05, 4.69) is 0 Å². The van der Waals surface area contributed by atoms with Crippen molar-refractivity contribution in [3.8, 4) is 0 Å². The quantitative estimate of drug-likeness (QED) is 0.676. The Morgan fingerprint density at radius 3 is 2.70 bits per heavy atom. The summed E-state index contributed by atoms with van der Waals surface area (Å²) >= 11 is 0. The number of carbonyl (C=O) groups excluding carboxylic acids is 2. The molecule has 1 saturated heterocycles. The molecule has 2 aromatic rings. The predicted molar refractivity (Wildman–Crippen MR) is 113 cm³/mol. The average molecular weight is 431 g/mol. The number of pyridine rings is 1. The number of esters is 1. The summed E-state index contributed by atoms with van der Waals surface area (Å²) < 4.78 is 29.0. The fourth-order valence-corrected chi connectivity index (χ4v) is 6.28. The van der Waals surface area contributed by atoms with Gasteiger partial charge < -0.3 is 9.64 Å². The van der Waals surface area contributed by atoms with Crippen molar-refractivity contribution in [1.82, 2.24) is 9.88 Å². The molecule has 7 nitrogen and oxygen atoms in total. The molecule has 4 rings (SSSR count). The standard InChI is InChI=1S/C22H26N2O5S/c1-2-24(15-11-12-30(27,28)14-15)20(25)13-29-22(26)21-16-7-3-5-9-18(16)23-19-10-6-4-8-17(19)21/h3,5,7,9,15H,2,4,6,8,10-14H2,1H3. The number of amides is 1. The molecule has 8 heteroatoms. The van der Waals surface area contributed by atoms with Crippen LogP contribution < -0.4 is 0 Å².